The summed E-state index contributed by atoms with van der Waals surface area (Å²) in [6.45, 7) is 5.26. The largest absolute Gasteiger partial charge is 0.489 e. The fourth-order valence-corrected chi connectivity index (χ4v) is 1.86. The Balaban J connectivity index is 2.06. The highest BCUT2D eigenvalue weighted by molar-refractivity contribution is 5.58. The van der Waals surface area contributed by atoms with Gasteiger partial charge in [-0.05, 0) is 24.5 Å². The van der Waals surface area contributed by atoms with Gasteiger partial charge in [-0.1, -0.05) is 26.0 Å². The van der Waals surface area contributed by atoms with E-state index in [2.05, 4.69) is 25.2 Å². The van der Waals surface area contributed by atoms with Crippen LogP contribution in [-0.4, -0.2) is 12.6 Å². The molecule has 0 fully saturated rings. The topological polar surface area (TPSA) is 21.3 Å². The van der Waals surface area contributed by atoms with E-state index in [-0.39, 0.29) is 0 Å². The van der Waals surface area contributed by atoms with Crippen molar-refractivity contribution in [2.75, 3.05) is 11.9 Å². The molecule has 0 radical (unpaired) electrons. The van der Waals surface area contributed by atoms with E-state index < -0.39 is 0 Å². The van der Waals surface area contributed by atoms with Gasteiger partial charge in [-0.2, -0.15) is 0 Å². The molecule has 1 aromatic rings. The van der Waals surface area contributed by atoms with Gasteiger partial charge in [0.25, 0.3) is 0 Å². The van der Waals surface area contributed by atoms with Crippen molar-refractivity contribution in [1.82, 2.24) is 0 Å². The number of nitrogens with one attached hydrogen (secondary N) is 1. The van der Waals surface area contributed by atoms with Crippen LogP contribution in [0, 0.1) is 5.92 Å². The first kappa shape index (κ1) is 9.38. The minimum atomic E-state index is 0.463. The summed E-state index contributed by atoms with van der Waals surface area (Å²) in [5.74, 6) is 1.69. The zero-order chi connectivity index (χ0) is 9.97. The van der Waals surface area contributed by atoms with Gasteiger partial charge in [0, 0.05) is 0 Å². The van der Waals surface area contributed by atoms with Crippen LogP contribution in [-0.2, 0) is 0 Å². The predicted octanol–water partition coefficient (Wildman–Crippen LogP) is 2.91. The molecule has 0 aliphatic carbocycles. The zero-order valence-electron chi connectivity index (χ0n) is 8.79. The number of anilines is 1. The number of para-hydroxylation sites is 2. The Kier molecular flexibility index (Phi) is 2.62. The molecule has 1 atom stereocenters. The Morgan fingerprint density at radius 1 is 1.43 bits per heavy atom. The summed E-state index contributed by atoms with van der Waals surface area (Å²) in [6.07, 6.45) is 1.16. The Hall–Kier alpha value is -1.18. The smallest absolute Gasteiger partial charge is 0.142 e. The van der Waals surface area contributed by atoms with Gasteiger partial charge in [-0.25, -0.2) is 0 Å². The second-order valence-corrected chi connectivity index (χ2v) is 4.28. The molecule has 1 aliphatic rings. The first-order valence-electron chi connectivity index (χ1n) is 5.24. The molecule has 2 heteroatoms. The number of rotatable bonds is 2. The third-order valence-corrected chi connectivity index (χ3v) is 2.44. The lowest BCUT2D eigenvalue weighted by Crippen LogP contribution is -2.32. The molecule has 2 rings (SSSR count). The lowest BCUT2D eigenvalue weighted by molar-refractivity contribution is 0.268. The second kappa shape index (κ2) is 3.91. The number of hydrogen-bond donors (Lipinski definition) is 1. The lowest BCUT2D eigenvalue weighted by Gasteiger charge is -2.28. The summed E-state index contributed by atoms with van der Waals surface area (Å²) in [5.41, 5.74) is 1.13. The number of ether oxygens (including phenoxy) is 1. The van der Waals surface area contributed by atoms with Gasteiger partial charge >= 0.3 is 0 Å². The van der Waals surface area contributed by atoms with E-state index in [1.54, 1.807) is 0 Å². The molecule has 1 unspecified atom stereocenters. The van der Waals surface area contributed by atoms with Gasteiger partial charge in [-0.3, -0.25) is 0 Å². The van der Waals surface area contributed by atoms with E-state index in [0.717, 1.165) is 24.5 Å². The van der Waals surface area contributed by atoms with Gasteiger partial charge in [0.15, 0.2) is 0 Å². The van der Waals surface area contributed by atoms with E-state index in [9.17, 15) is 0 Å². The molecule has 1 heterocycles. The van der Waals surface area contributed by atoms with Crippen molar-refractivity contribution >= 4 is 5.69 Å². The highest BCUT2D eigenvalue weighted by Gasteiger charge is 2.18. The van der Waals surface area contributed by atoms with Gasteiger partial charge in [0.1, 0.15) is 12.4 Å². The normalized spacial score (nSPS) is 19.8. The quantitative estimate of drug-likeness (QED) is 0.776. The first-order valence-corrected chi connectivity index (χ1v) is 5.24. The van der Waals surface area contributed by atoms with Crippen molar-refractivity contribution in [3.8, 4) is 5.75 Å². The standard InChI is InChI=1S/C12H17NO/c1-9(2)7-10-8-14-12-6-4-3-5-11(12)13-10/h3-6,9-10,13H,7-8H2,1-2H3. The second-order valence-electron chi connectivity index (χ2n) is 4.28. The van der Waals surface area contributed by atoms with Crippen LogP contribution < -0.4 is 10.1 Å². The minimum Gasteiger partial charge on any atom is -0.489 e. The maximum absolute atomic E-state index is 5.67. The fourth-order valence-electron chi connectivity index (χ4n) is 1.86. The summed E-state index contributed by atoms with van der Waals surface area (Å²) in [6, 6.07) is 8.58. The Morgan fingerprint density at radius 3 is 3.00 bits per heavy atom. The maximum Gasteiger partial charge on any atom is 0.142 e. The zero-order valence-corrected chi connectivity index (χ0v) is 8.79. The van der Waals surface area contributed by atoms with Crippen molar-refractivity contribution in [3.05, 3.63) is 24.3 Å². The first-order chi connectivity index (χ1) is 6.75. The van der Waals surface area contributed by atoms with Crippen LogP contribution in [0.15, 0.2) is 24.3 Å². The van der Waals surface area contributed by atoms with Gasteiger partial charge in [0.2, 0.25) is 0 Å². The summed E-state index contributed by atoms with van der Waals surface area (Å²) in [4.78, 5) is 0. The van der Waals surface area contributed by atoms with Gasteiger partial charge in [-0.15, -0.1) is 0 Å². The SMILES string of the molecule is CC(C)CC1COc2ccccc2N1. The molecule has 0 spiro atoms. The number of benzene rings is 1. The molecule has 0 amide bonds. The highest BCUT2D eigenvalue weighted by Crippen LogP contribution is 2.29. The average molecular weight is 191 g/mol. The Morgan fingerprint density at radius 2 is 2.21 bits per heavy atom. The average Bonchev–Trinajstić information content (AvgIpc) is 2.17. The molecule has 1 aromatic carbocycles. The Labute approximate surface area is 85.3 Å². The van der Waals surface area contributed by atoms with E-state index in [1.165, 1.54) is 0 Å². The number of hydrogen-bond acceptors (Lipinski definition) is 2. The van der Waals surface area contributed by atoms with E-state index in [4.69, 9.17) is 4.74 Å². The molecule has 1 N–H and O–H groups in total. The fraction of sp³-hybridized carbons (Fsp3) is 0.500. The molecule has 0 bridgehead atoms. The van der Waals surface area contributed by atoms with Crippen molar-refractivity contribution in [3.63, 3.8) is 0 Å². The van der Waals surface area contributed by atoms with E-state index in [0.29, 0.717) is 12.0 Å². The molecule has 14 heavy (non-hydrogen) atoms. The van der Waals surface area contributed by atoms with Crippen molar-refractivity contribution < 1.29 is 4.74 Å². The van der Waals surface area contributed by atoms with Crippen molar-refractivity contribution in [2.45, 2.75) is 26.3 Å². The molecule has 1 aliphatic heterocycles. The van der Waals surface area contributed by atoms with Crippen LogP contribution in [0.5, 0.6) is 5.75 Å². The summed E-state index contributed by atoms with van der Waals surface area (Å²) < 4.78 is 5.67. The van der Waals surface area contributed by atoms with Crippen LogP contribution in [0.25, 0.3) is 0 Å². The molecule has 0 saturated carbocycles. The third-order valence-electron chi connectivity index (χ3n) is 2.44. The Bertz CT molecular complexity index is 309. The highest BCUT2D eigenvalue weighted by atomic mass is 16.5. The van der Waals surface area contributed by atoms with Gasteiger partial charge in [0.05, 0.1) is 11.7 Å². The van der Waals surface area contributed by atoms with Crippen LogP contribution in [0.3, 0.4) is 0 Å². The van der Waals surface area contributed by atoms with Gasteiger partial charge < -0.3 is 10.1 Å². The summed E-state index contributed by atoms with van der Waals surface area (Å²) in [7, 11) is 0. The monoisotopic (exact) mass is 191 g/mol. The molecule has 0 aromatic heterocycles. The number of fused-ring (bicyclic) bond motifs is 1. The minimum absolute atomic E-state index is 0.463. The predicted molar refractivity (Wildman–Crippen MR) is 58.8 cm³/mol. The van der Waals surface area contributed by atoms with Crippen LogP contribution in [0.2, 0.25) is 0 Å². The van der Waals surface area contributed by atoms with Crippen LogP contribution in [0.4, 0.5) is 5.69 Å². The van der Waals surface area contributed by atoms with Crippen molar-refractivity contribution in [1.29, 1.82) is 0 Å². The van der Waals surface area contributed by atoms with Crippen molar-refractivity contribution in [2.24, 2.45) is 5.92 Å². The molecule has 0 saturated heterocycles. The van der Waals surface area contributed by atoms with E-state index in [1.807, 2.05) is 18.2 Å². The van der Waals surface area contributed by atoms with E-state index >= 15 is 0 Å². The molecule has 2 nitrogen and oxygen atoms in total. The molecular weight excluding hydrogens is 174 g/mol. The maximum atomic E-state index is 5.67. The summed E-state index contributed by atoms with van der Waals surface area (Å²) in [5, 5.41) is 3.50. The third kappa shape index (κ3) is 2.00. The molecule has 76 valence electrons. The summed E-state index contributed by atoms with van der Waals surface area (Å²) >= 11 is 0. The van der Waals surface area contributed by atoms with Crippen LogP contribution >= 0.6 is 0 Å². The lowest BCUT2D eigenvalue weighted by atomic mass is 10.0. The molecular formula is C12H17NO. The van der Waals surface area contributed by atoms with Crippen LogP contribution in [0.1, 0.15) is 20.3 Å².